The van der Waals surface area contributed by atoms with Crippen LogP contribution in [-0.2, 0) is 9.84 Å². The van der Waals surface area contributed by atoms with Gasteiger partial charge in [0, 0.05) is 6.04 Å². The maximum atomic E-state index is 10.9. The van der Waals surface area contributed by atoms with E-state index < -0.39 is 9.84 Å². The van der Waals surface area contributed by atoms with E-state index in [0.29, 0.717) is 6.42 Å². The average molecular weight is 175 g/mol. The highest BCUT2D eigenvalue weighted by Crippen LogP contribution is 2.14. The van der Waals surface area contributed by atoms with Crippen LogP contribution < -0.4 is 5.73 Å². The van der Waals surface area contributed by atoms with E-state index in [1.165, 1.54) is 0 Å². The second-order valence-electron chi connectivity index (χ2n) is 2.93. The first kappa shape index (κ1) is 8.74. The van der Waals surface area contributed by atoms with Gasteiger partial charge >= 0.3 is 0 Å². The Hall–Kier alpha value is -0.350. The Morgan fingerprint density at radius 2 is 2.27 bits per heavy atom. The summed E-state index contributed by atoms with van der Waals surface area (Å²) in [5.41, 5.74) is 6.66. The van der Waals surface area contributed by atoms with Crippen LogP contribution in [0.1, 0.15) is 13.3 Å². The average Bonchev–Trinajstić information content (AvgIpc) is 1.86. The molecule has 0 fully saturated rings. The lowest BCUT2D eigenvalue weighted by Gasteiger charge is -2.15. The van der Waals surface area contributed by atoms with Crippen LogP contribution in [0.25, 0.3) is 0 Å². The van der Waals surface area contributed by atoms with E-state index in [1.54, 1.807) is 6.08 Å². The summed E-state index contributed by atoms with van der Waals surface area (Å²) in [4.78, 5) is 0. The molecule has 64 valence electrons. The predicted octanol–water partition coefficient (Wildman–Crippen LogP) is 0.0785. The number of hydrogen-bond donors (Lipinski definition) is 1. The zero-order chi connectivity index (χ0) is 8.48. The molecule has 0 radical (unpaired) electrons. The number of rotatable bonds is 1. The summed E-state index contributed by atoms with van der Waals surface area (Å²) in [5.74, 6) is 0.435. The molecule has 0 amide bonds. The molecule has 0 saturated carbocycles. The first-order valence-corrected chi connectivity index (χ1v) is 5.48. The highest BCUT2D eigenvalue weighted by atomic mass is 32.2. The topological polar surface area (TPSA) is 60.2 Å². The van der Waals surface area contributed by atoms with E-state index in [-0.39, 0.29) is 17.5 Å². The van der Waals surface area contributed by atoms with Gasteiger partial charge in [-0.05, 0) is 13.3 Å². The standard InChI is InChI=1S/C7H13NO2S/c1-6(8)7-2-4-11(9,10)5-3-7/h2,6H,3-5,8H2,1H3. The lowest BCUT2D eigenvalue weighted by molar-refractivity contribution is 0.594. The maximum Gasteiger partial charge on any atom is 0.154 e. The molecule has 2 N–H and O–H groups in total. The van der Waals surface area contributed by atoms with Gasteiger partial charge in [0.2, 0.25) is 0 Å². The molecule has 0 aromatic heterocycles. The molecule has 4 heteroatoms. The van der Waals surface area contributed by atoms with E-state index in [1.807, 2.05) is 6.92 Å². The molecule has 11 heavy (non-hydrogen) atoms. The molecule has 0 spiro atoms. The fraction of sp³-hybridized carbons (Fsp3) is 0.714. The van der Waals surface area contributed by atoms with Crippen molar-refractivity contribution >= 4 is 9.84 Å². The van der Waals surface area contributed by atoms with Gasteiger partial charge in [0.25, 0.3) is 0 Å². The molecule has 1 rings (SSSR count). The predicted molar refractivity (Wildman–Crippen MR) is 45.0 cm³/mol. The molecular weight excluding hydrogens is 162 g/mol. The smallest absolute Gasteiger partial charge is 0.154 e. The van der Waals surface area contributed by atoms with Crippen molar-refractivity contribution in [1.29, 1.82) is 0 Å². The van der Waals surface area contributed by atoms with Crippen molar-refractivity contribution in [2.75, 3.05) is 11.5 Å². The summed E-state index contributed by atoms with van der Waals surface area (Å²) >= 11 is 0. The summed E-state index contributed by atoms with van der Waals surface area (Å²) in [6.07, 6.45) is 2.35. The molecule has 1 atom stereocenters. The minimum atomic E-state index is -2.78. The van der Waals surface area contributed by atoms with Crippen molar-refractivity contribution in [3.63, 3.8) is 0 Å². The van der Waals surface area contributed by atoms with Crippen LogP contribution in [0.2, 0.25) is 0 Å². The van der Waals surface area contributed by atoms with Crippen LogP contribution >= 0.6 is 0 Å². The van der Waals surface area contributed by atoms with Gasteiger partial charge in [-0.15, -0.1) is 0 Å². The first-order valence-electron chi connectivity index (χ1n) is 3.66. The van der Waals surface area contributed by atoms with Crippen LogP contribution in [-0.4, -0.2) is 26.0 Å². The quantitative estimate of drug-likeness (QED) is 0.574. The van der Waals surface area contributed by atoms with E-state index in [2.05, 4.69) is 0 Å². The Bertz CT molecular complexity index is 264. The van der Waals surface area contributed by atoms with Gasteiger partial charge in [-0.2, -0.15) is 0 Å². The van der Waals surface area contributed by atoms with Crippen LogP contribution in [0.5, 0.6) is 0 Å². The van der Waals surface area contributed by atoms with Gasteiger partial charge in [-0.25, -0.2) is 8.42 Å². The van der Waals surface area contributed by atoms with Gasteiger partial charge in [0.1, 0.15) is 0 Å². The van der Waals surface area contributed by atoms with Crippen molar-refractivity contribution in [3.05, 3.63) is 11.6 Å². The molecule has 1 unspecified atom stereocenters. The number of hydrogen-bond acceptors (Lipinski definition) is 3. The highest BCUT2D eigenvalue weighted by molar-refractivity contribution is 7.91. The van der Waals surface area contributed by atoms with Crippen molar-refractivity contribution in [2.24, 2.45) is 5.73 Å². The summed E-state index contributed by atoms with van der Waals surface area (Å²) in [6.45, 7) is 1.88. The maximum absolute atomic E-state index is 10.9. The van der Waals surface area contributed by atoms with Crippen molar-refractivity contribution in [3.8, 4) is 0 Å². The van der Waals surface area contributed by atoms with Gasteiger partial charge in [0.05, 0.1) is 11.5 Å². The van der Waals surface area contributed by atoms with Crippen molar-refractivity contribution in [1.82, 2.24) is 0 Å². The number of sulfone groups is 1. The van der Waals surface area contributed by atoms with Crippen LogP contribution in [0, 0.1) is 0 Å². The molecule has 1 heterocycles. The monoisotopic (exact) mass is 175 g/mol. The highest BCUT2D eigenvalue weighted by Gasteiger charge is 2.17. The summed E-state index contributed by atoms with van der Waals surface area (Å²) in [6, 6.07) is 0.00509. The molecule has 0 aliphatic carbocycles. The molecule has 0 aromatic carbocycles. The molecule has 0 saturated heterocycles. The molecule has 1 aliphatic heterocycles. The molecular formula is C7H13NO2S. The largest absolute Gasteiger partial charge is 0.324 e. The molecule has 0 aromatic rings. The lowest BCUT2D eigenvalue weighted by Crippen LogP contribution is -2.25. The van der Waals surface area contributed by atoms with E-state index in [4.69, 9.17) is 5.73 Å². The van der Waals surface area contributed by atoms with Crippen LogP contribution in [0.3, 0.4) is 0 Å². The fourth-order valence-corrected chi connectivity index (χ4v) is 2.29. The fourth-order valence-electron chi connectivity index (χ4n) is 1.11. The summed E-state index contributed by atoms with van der Waals surface area (Å²) in [5, 5.41) is 0. The van der Waals surface area contributed by atoms with E-state index >= 15 is 0 Å². The summed E-state index contributed by atoms with van der Waals surface area (Å²) < 4.78 is 21.9. The third-order valence-electron chi connectivity index (χ3n) is 1.89. The lowest BCUT2D eigenvalue weighted by atomic mass is 10.1. The number of nitrogens with two attached hydrogens (primary N) is 1. The zero-order valence-corrected chi connectivity index (χ0v) is 7.39. The van der Waals surface area contributed by atoms with Gasteiger partial charge in [-0.3, -0.25) is 0 Å². The second-order valence-corrected chi connectivity index (χ2v) is 5.16. The Morgan fingerprint density at radius 1 is 1.64 bits per heavy atom. The van der Waals surface area contributed by atoms with Gasteiger partial charge in [-0.1, -0.05) is 11.6 Å². The van der Waals surface area contributed by atoms with Crippen LogP contribution in [0.15, 0.2) is 11.6 Å². The van der Waals surface area contributed by atoms with Gasteiger partial charge in [0.15, 0.2) is 9.84 Å². The molecule has 3 nitrogen and oxygen atoms in total. The van der Waals surface area contributed by atoms with E-state index in [9.17, 15) is 8.42 Å². The van der Waals surface area contributed by atoms with Gasteiger partial charge < -0.3 is 5.73 Å². The minimum Gasteiger partial charge on any atom is -0.324 e. The SMILES string of the molecule is CC(N)C1=CCS(=O)(=O)CC1. The minimum absolute atomic E-state index is 0.00509. The van der Waals surface area contributed by atoms with Crippen molar-refractivity contribution < 1.29 is 8.42 Å². The van der Waals surface area contributed by atoms with Crippen LogP contribution in [0.4, 0.5) is 0 Å². The summed E-state index contributed by atoms with van der Waals surface area (Å²) in [7, 11) is -2.78. The Labute approximate surface area is 67.2 Å². The second kappa shape index (κ2) is 2.95. The third kappa shape index (κ3) is 2.31. The normalized spacial score (nSPS) is 25.8. The van der Waals surface area contributed by atoms with E-state index in [0.717, 1.165) is 5.57 Å². The Morgan fingerprint density at radius 3 is 2.64 bits per heavy atom. The zero-order valence-electron chi connectivity index (χ0n) is 6.58. The Kier molecular flexibility index (Phi) is 2.34. The third-order valence-corrected chi connectivity index (χ3v) is 3.39. The molecule has 0 bridgehead atoms. The van der Waals surface area contributed by atoms with Crippen molar-refractivity contribution in [2.45, 2.75) is 19.4 Å². The molecule has 1 aliphatic rings. The Balaban J connectivity index is 2.73. The first-order chi connectivity index (χ1) is 5.01.